The van der Waals surface area contributed by atoms with Crippen LogP contribution in [-0.2, 0) is 9.59 Å². The lowest BCUT2D eigenvalue weighted by Crippen LogP contribution is -2.34. The predicted molar refractivity (Wildman–Crippen MR) is 324 cm³/mol. The molecule has 2 aromatic carbocycles. The van der Waals surface area contributed by atoms with Gasteiger partial charge in [-0.25, -0.2) is 0 Å². The van der Waals surface area contributed by atoms with Crippen LogP contribution in [-0.4, -0.2) is 24.9 Å². The third-order valence-electron chi connectivity index (χ3n) is 15.7. The average molecular weight is 1150 g/mol. The van der Waals surface area contributed by atoms with Crippen LogP contribution in [0, 0.1) is 11.8 Å². The molecule has 2 unspecified atom stereocenters. The Morgan fingerprint density at radius 2 is 0.681 bits per heavy atom. The third kappa shape index (κ3) is 17.8. The zero-order valence-electron chi connectivity index (χ0n) is 45.3. The summed E-state index contributed by atoms with van der Waals surface area (Å²) in [4.78, 5) is 38.0. The number of carbonyl (C=O) groups excluding carboxylic acids is 2. The molecule has 0 N–H and O–H groups in total. The van der Waals surface area contributed by atoms with Gasteiger partial charge in [0.05, 0.1) is 30.1 Å². The number of carbonyl (C=O) groups is 2. The topological polar surface area (TPSA) is 40.6 Å². The van der Waals surface area contributed by atoms with Gasteiger partial charge in [-0.3, -0.25) is 9.59 Å². The van der Waals surface area contributed by atoms with Gasteiger partial charge < -0.3 is 9.80 Å². The van der Waals surface area contributed by atoms with E-state index in [1.165, 1.54) is 190 Å². The maximum atomic E-state index is 15.7. The molecule has 2 amide bonds. The van der Waals surface area contributed by atoms with Crippen molar-refractivity contribution < 1.29 is 9.59 Å². The van der Waals surface area contributed by atoms with E-state index in [0.29, 0.717) is 36.1 Å². The van der Waals surface area contributed by atoms with Gasteiger partial charge in [0.1, 0.15) is 0 Å². The Bertz CT molecular complexity index is 2100. The Kier molecular flexibility index (Phi) is 26.8. The molecule has 4 nitrogen and oxygen atoms in total. The van der Waals surface area contributed by atoms with E-state index in [-0.39, 0.29) is 11.8 Å². The van der Waals surface area contributed by atoms with Crippen LogP contribution in [0.1, 0.15) is 244 Å². The van der Waals surface area contributed by atoms with Crippen LogP contribution < -0.4 is 9.80 Å². The lowest BCUT2D eigenvalue weighted by molar-refractivity contribution is -0.114. The molecular formula is C64H92Br2N2O2S2. The quantitative estimate of drug-likeness (QED) is 0.0331. The number of benzene rings is 2. The fraction of sp³-hybridized carbons (Fsp3) is 0.625. The first kappa shape index (κ1) is 58.7. The first-order valence-corrected chi connectivity index (χ1v) is 32.7. The SMILES string of the molecule is CCCCCCCCCCC(CCCCCCCC)CN1C(=O)/C(=C2\C(=O)N(CC(CCCCCCCC)CCCCCCCCCC)c3cc(-c4ccc(Br)s4)ccc32)c2ccc(-c3ccc(Br)s3)cc21. The van der Waals surface area contributed by atoms with Crippen molar-refractivity contribution in [3.8, 4) is 20.9 Å². The van der Waals surface area contributed by atoms with Gasteiger partial charge in [-0.2, -0.15) is 0 Å². The highest BCUT2D eigenvalue weighted by Crippen LogP contribution is 2.50. The minimum atomic E-state index is 0.00311. The lowest BCUT2D eigenvalue weighted by atomic mass is 9.93. The fourth-order valence-electron chi connectivity index (χ4n) is 11.5. The number of nitrogens with zero attached hydrogens (tertiary/aromatic N) is 2. The number of halogens is 2. The van der Waals surface area contributed by atoms with E-state index in [1.54, 1.807) is 22.7 Å². The summed E-state index contributed by atoms with van der Waals surface area (Å²) in [6.45, 7) is 10.6. The Morgan fingerprint density at radius 1 is 0.389 bits per heavy atom. The second-order valence-corrected chi connectivity index (χ2v) is 26.6. The van der Waals surface area contributed by atoms with Crippen molar-refractivity contribution in [2.75, 3.05) is 22.9 Å². The summed E-state index contributed by atoms with van der Waals surface area (Å²) in [7, 11) is 0. The fourth-order valence-corrected chi connectivity index (χ4v) is 14.2. The van der Waals surface area contributed by atoms with E-state index >= 15 is 9.59 Å². The molecule has 2 aliphatic rings. The number of hydrogen-bond donors (Lipinski definition) is 0. The summed E-state index contributed by atoms with van der Waals surface area (Å²) in [5, 5.41) is 0. The standard InChI is InChI=1S/C64H92Br2N2O2S2/c1-5-9-13-17-21-23-27-31-35-49(33-29-25-19-15-11-7-3)47-67-55-45-51(57-41-43-59(65)71-57)37-39-53(55)61(63(67)69)62-54-40-38-52(58-42-44-60(66)72-58)46-56(54)68(64(62)70)48-50(34-30-26-20-16-12-8-4)36-32-28-24-22-18-14-10-6-2/h37-46,49-50H,5-36,47-48H2,1-4H3/b62-61-. The molecule has 4 heterocycles. The number of unbranched alkanes of at least 4 members (excludes halogenated alkanes) is 24. The van der Waals surface area contributed by atoms with Crippen LogP contribution in [0.3, 0.4) is 0 Å². The zero-order chi connectivity index (χ0) is 50.9. The molecule has 72 heavy (non-hydrogen) atoms. The van der Waals surface area contributed by atoms with Crippen molar-refractivity contribution in [2.45, 2.75) is 233 Å². The summed E-state index contributed by atoms with van der Waals surface area (Å²) in [6.07, 6.45) is 40.7. The molecular weight excluding hydrogens is 1050 g/mol. The van der Waals surface area contributed by atoms with Crippen molar-refractivity contribution in [1.82, 2.24) is 0 Å². The Morgan fingerprint density at radius 3 is 0.958 bits per heavy atom. The number of anilines is 2. The molecule has 2 aromatic heterocycles. The monoisotopic (exact) mass is 1140 g/mol. The summed E-state index contributed by atoms with van der Waals surface area (Å²) in [5.41, 5.74) is 7.21. The van der Waals surface area contributed by atoms with Crippen LogP contribution in [0.2, 0.25) is 0 Å². The molecule has 8 heteroatoms. The third-order valence-corrected chi connectivity index (χ3v) is 19.1. The molecule has 4 aromatic rings. The second-order valence-electron chi connectivity index (χ2n) is 21.6. The van der Waals surface area contributed by atoms with Crippen molar-refractivity contribution in [3.63, 3.8) is 0 Å². The molecule has 6 rings (SSSR count). The predicted octanol–water partition coefficient (Wildman–Crippen LogP) is 22.1. The largest absolute Gasteiger partial charge is 0.307 e. The van der Waals surface area contributed by atoms with Gasteiger partial charge in [0, 0.05) is 34.0 Å². The summed E-state index contributed by atoms with van der Waals surface area (Å²) >= 11 is 10.9. The van der Waals surface area contributed by atoms with Crippen molar-refractivity contribution >= 4 is 88.9 Å². The lowest BCUT2D eigenvalue weighted by Gasteiger charge is -2.25. The van der Waals surface area contributed by atoms with Crippen LogP contribution in [0.5, 0.6) is 0 Å². The second kappa shape index (κ2) is 32.8. The molecule has 0 radical (unpaired) electrons. The minimum absolute atomic E-state index is 0.00311. The van der Waals surface area contributed by atoms with Gasteiger partial charge in [0.25, 0.3) is 11.8 Å². The maximum Gasteiger partial charge on any atom is 0.259 e. The molecule has 2 aliphatic heterocycles. The number of hydrogen-bond acceptors (Lipinski definition) is 4. The Hall–Kier alpha value is -2.52. The first-order chi connectivity index (χ1) is 35.3. The van der Waals surface area contributed by atoms with Crippen LogP contribution >= 0.6 is 54.5 Å². The van der Waals surface area contributed by atoms with Crippen molar-refractivity contribution in [1.29, 1.82) is 0 Å². The molecule has 0 fully saturated rings. The van der Waals surface area contributed by atoms with Crippen LogP contribution in [0.4, 0.5) is 11.4 Å². The van der Waals surface area contributed by atoms with Gasteiger partial charge in [0.15, 0.2) is 0 Å². The van der Waals surface area contributed by atoms with Crippen molar-refractivity contribution in [3.05, 3.63) is 79.4 Å². The zero-order valence-corrected chi connectivity index (χ0v) is 50.1. The number of rotatable bonds is 38. The molecule has 0 aliphatic carbocycles. The molecule has 0 bridgehead atoms. The molecule has 0 spiro atoms. The van der Waals surface area contributed by atoms with E-state index in [1.807, 2.05) is 0 Å². The number of amides is 2. The molecule has 0 saturated carbocycles. The Labute approximate surface area is 463 Å². The molecule has 396 valence electrons. The number of thiophene rings is 2. The molecule has 2 atom stereocenters. The van der Waals surface area contributed by atoms with Crippen LogP contribution in [0.15, 0.2) is 68.2 Å². The van der Waals surface area contributed by atoms with Gasteiger partial charge in [-0.15, -0.1) is 22.7 Å². The normalized spacial score (nSPS) is 15.3. The highest BCUT2D eigenvalue weighted by molar-refractivity contribution is 9.11. The van der Waals surface area contributed by atoms with E-state index in [4.69, 9.17) is 0 Å². The number of fused-ring (bicyclic) bond motifs is 2. The van der Waals surface area contributed by atoms with E-state index in [2.05, 4.69) is 130 Å². The summed E-state index contributed by atoms with van der Waals surface area (Å²) in [5.74, 6) is 0.824. The van der Waals surface area contributed by atoms with Gasteiger partial charge >= 0.3 is 0 Å². The van der Waals surface area contributed by atoms with E-state index < -0.39 is 0 Å². The van der Waals surface area contributed by atoms with E-state index in [0.717, 1.165) is 66.9 Å². The summed E-state index contributed by atoms with van der Waals surface area (Å²) in [6, 6.07) is 21.8. The van der Waals surface area contributed by atoms with Crippen LogP contribution in [0.25, 0.3) is 32.0 Å². The van der Waals surface area contributed by atoms with Crippen molar-refractivity contribution in [2.24, 2.45) is 11.8 Å². The maximum absolute atomic E-state index is 15.7. The van der Waals surface area contributed by atoms with Gasteiger partial charge in [0.2, 0.25) is 0 Å². The highest BCUT2D eigenvalue weighted by atomic mass is 79.9. The summed E-state index contributed by atoms with van der Waals surface area (Å²) < 4.78 is 2.19. The van der Waals surface area contributed by atoms with Gasteiger partial charge in [-0.1, -0.05) is 232 Å². The van der Waals surface area contributed by atoms with E-state index in [9.17, 15) is 0 Å². The molecule has 0 saturated heterocycles. The Balaban J connectivity index is 1.34. The minimum Gasteiger partial charge on any atom is -0.307 e. The highest BCUT2D eigenvalue weighted by Gasteiger charge is 2.43. The first-order valence-electron chi connectivity index (χ1n) is 29.5. The smallest absolute Gasteiger partial charge is 0.259 e. The van der Waals surface area contributed by atoms with Gasteiger partial charge in [-0.05, 0) is 117 Å². The average Bonchev–Trinajstić information content (AvgIpc) is 4.15.